The molecule has 0 radical (unpaired) electrons. The van der Waals surface area contributed by atoms with Gasteiger partial charge in [-0.15, -0.1) is 13.2 Å². The molecule has 172 valence electrons. The van der Waals surface area contributed by atoms with Gasteiger partial charge in [0.05, 0.1) is 0 Å². The lowest BCUT2D eigenvalue weighted by molar-refractivity contribution is -0.275. The molecular weight excluding hydrogens is 392 g/mol. The first kappa shape index (κ1) is 25.0. The van der Waals surface area contributed by atoms with Crippen LogP contribution in [0.15, 0.2) is 18.2 Å². The molecule has 0 heterocycles. The molecule has 0 N–H and O–H groups in total. The van der Waals surface area contributed by atoms with Crippen LogP contribution in [-0.4, -0.2) is 6.36 Å². The molecule has 1 aromatic carbocycles. The Morgan fingerprint density at radius 2 is 1.40 bits per heavy atom. The van der Waals surface area contributed by atoms with Crippen LogP contribution in [0.25, 0.3) is 0 Å². The van der Waals surface area contributed by atoms with E-state index < -0.39 is 17.9 Å². The van der Waals surface area contributed by atoms with E-state index in [1.807, 2.05) is 0 Å². The van der Waals surface area contributed by atoms with Crippen molar-refractivity contribution in [2.45, 2.75) is 104 Å². The summed E-state index contributed by atoms with van der Waals surface area (Å²) in [5, 5.41) is 0. The van der Waals surface area contributed by atoms with Crippen LogP contribution in [0.1, 0.15) is 103 Å². The highest BCUT2D eigenvalue weighted by atomic mass is 19.4. The molecule has 0 saturated heterocycles. The third-order valence-electron chi connectivity index (χ3n) is 6.68. The Labute approximate surface area is 179 Å². The van der Waals surface area contributed by atoms with Crippen molar-refractivity contribution in [3.63, 3.8) is 0 Å². The van der Waals surface area contributed by atoms with E-state index >= 15 is 0 Å². The van der Waals surface area contributed by atoms with E-state index in [1.165, 1.54) is 51.0 Å². The van der Waals surface area contributed by atoms with Crippen LogP contribution in [0.4, 0.5) is 17.6 Å². The Morgan fingerprint density at radius 3 is 1.87 bits per heavy atom. The van der Waals surface area contributed by atoms with Gasteiger partial charge in [0.15, 0.2) is 11.6 Å². The lowest BCUT2D eigenvalue weighted by Gasteiger charge is -2.38. The fraction of sp³-hybridized carbons (Fsp3) is 0.760. The quantitative estimate of drug-likeness (QED) is 0.423. The number of rotatable bonds is 5. The van der Waals surface area contributed by atoms with Crippen molar-refractivity contribution in [1.82, 2.24) is 0 Å². The molecule has 5 heteroatoms. The molecule has 1 aromatic rings. The molecule has 0 amide bonds. The van der Waals surface area contributed by atoms with E-state index in [1.54, 1.807) is 6.07 Å². The molecule has 2 aliphatic rings. The molecule has 2 saturated carbocycles. The van der Waals surface area contributed by atoms with Gasteiger partial charge < -0.3 is 4.74 Å². The van der Waals surface area contributed by atoms with E-state index in [0.29, 0.717) is 0 Å². The van der Waals surface area contributed by atoms with Gasteiger partial charge in [0, 0.05) is 0 Å². The molecule has 0 aliphatic heterocycles. The van der Waals surface area contributed by atoms with Crippen molar-refractivity contribution < 1.29 is 22.3 Å². The van der Waals surface area contributed by atoms with Crippen LogP contribution in [0.2, 0.25) is 0 Å². The van der Waals surface area contributed by atoms with Crippen molar-refractivity contribution in [2.75, 3.05) is 0 Å². The molecular formula is C25H38F4O. The van der Waals surface area contributed by atoms with Gasteiger partial charge in [0.1, 0.15) is 0 Å². The summed E-state index contributed by atoms with van der Waals surface area (Å²) < 4.78 is 54.5. The lowest BCUT2D eigenvalue weighted by Crippen LogP contribution is -2.25. The largest absolute Gasteiger partial charge is 0.573 e. The second kappa shape index (κ2) is 12.0. The monoisotopic (exact) mass is 430 g/mol. The molecule has 0 aromatic heterocycles. The molecule has 0 bridgehead atoms. The van der Waals surface area contributed by atoms with Gasteiger partial charge in [-0.2, -0.15) is 0 Å². The molecule has 30 heavy (non-hydrogen) atoms. The van der Waals surface area contributed by atoms with Crippen LogP contribution in [-0.2, 0) is 0 Å². The highest BCUT2D eigenvalue weighted by molar-refractivity contribution is 5.31. The van der Waals surface area contributed by atoms with Crippen molar-refractivity contribution in [3.05, 3.63) is 29.6 Å². The molecule has 2 aliphatic carbocycles. The number of ether oxygens (including phenoxy) is 1. The number of alkyl halides is 3. The van der Waals surface area contributed by atoms with Crippen molar-refractivity contribution in [1.29, 1.82) is 0 Å². The van der Waals surface area contributed by atoms with Gasteiger partial charge in [-0.05, 0) is 79.9 Å². The summed E-state index contributed by atoms with van der Waals surface area (Å²) in [6.45, 7) is 6.51. The van der Waals surface area contributed by atoms with Crippen LogP contribution in [0.5, 0.6) is 5.75 Å². The van der Waals surface area contributed by atoms with Crippen LogP contribution in [0, 0.1) is 23.6 Å². The van der Waals surface area contributed by atoms with E-state index in [0.717, 1.165) is 55.1 Å². The summed E-state index contributed by atoms with van der Waals surface area (Å²) in [7, 11) is 0. The summed E-state index contributed by atoms with van der Waals surface area (Å²) in [5.41, 5.74) is 0.798. The second-order valence-electron chi connectivity index (χ2n) is 9.13. The molecule has 0 atom stereocenters. The van der Waals surface area contributed by atoms with E-state index in [2.05, 4.69) is 25.5 Å². The number of hydrogen-bond acceptors (Lipinski definition) is 1. The maximum Gasteiger partial charge on any atom is 0.573 e. The fourth-order valence-corrected chi connectivity index (χ4v) is 5.26. The smallest absolute Gasteiger partial charge is 0.403 e. The molecule has 2 fully saturated rings. The molecule has 0 unspecified atom stereocenters. The predicted molar refractivity (Wildman–Crippen MR) is 114 cm³/mol. The van der Waals surface area contributed by atoms with Gasteiger partial charge in [0.25, 0.3) is 0 Å². The van der Waals surface area contributed by atoms with Gasteiger partial charge in [-0.25, -0.2) is 4.39 Å². The van der Waals surface area contributed by atoms with Crippen molar-refractivity contribution in [2.24, 2.45) is 17.8 Å². The van der Waals surface area contributed by atoms with Crippen molar-refractivity contribution in [3.8, 4) is 5.75 Å². The Morgan fingerprint density at radius 1 is 0.867 bits per heavy atom. The minimum absolute atomic E-state index is 0.243. The van der Waals surface area contributed by atoms with Gasteiger partial charge in [-0.3, -0.25) is 0 Å². The van der Waals surface area contributed by atoms with E-state index in [9.17, 15) is 17.6 Å². The van der Waals surface area contributed by atoms with Gasteiger partial charge in [0.2, 0.25) is 0 Å². The number of hydrogen-bond donors (Lipinski definition) is 0. The lowest BCUT2D eigenvalue weighted by atomic mass is 9.68. The third kappa shape index (κ3) is 7.77. The normalized spacial score (nSPS) is 27.2. The maximum atomic E-state index is 14.0. The van der Waals surface area contributed by atoms with E-state index in [-0.39, 0.29) is 5.92 Å². The van der Waals surface area contributed by atoms with Crippen LogP contribution in [0.3, 0.4) is 0 Å². The Hall–Kier alpha value is -1.26. The fourth-order valence-electron chi connectivity index (χ4n) is 5.26. The minimum atomic E-state index is -4.86. The molecule has 3 rings (SSSR count). The summed E-state index contributed by atoms with van der Waals surface area (Å²) in [6, 6.07) is 3.92. The number of halogens is 4. The third-order valence-corrected chi connectivity index (χ3v) is 6.68. The van der Waals surface area contributed by atoms with Gasteiger partial charge in [-0.1, -0.05) is 58.9 Å². The zero-order valence-corrected chi connectivity index (χ0v) is 18.7. The first-order chi connectivity index (χ1) is 14.3. The summed E-state index contributed by atoms with van der Waals surface area (Å²) in [5.74, 6) is 1.08. The first-order valence-corrected chi connectivity index (χ1v) is 11.8. The molecule has 1 nitrogen and oxygen atoms in total. The van der Waals surface area contributed by atoms with E-state index in [4.69, 9.17) is 0 Å². The standard InChI is InChI=1S/C22H30F4O.C3H8/c1-2-3-15-4-6-16(7-5-15)17-8-10-18(11-9-17)19-12-13-21(20(23)14-19)27-22(24,25)26;1-3-2/h12-18H,2-11H2,1H3;3H2,1-2H3. The zero-order valence-electron chi connectivity index (χ0n) is 18.7. The van der Waals surface area contributed by atoms with Crippen LogP contribution < -0.4 is 4.74 Å². The first-order valence-electron chi connectivity index (χ1n) is 11.8. The Bertz CT molecular complexity index is 612. The predicted octanol–water partition coefficient (Wildman–Crippen LogP) is 9.02. The highest BCUT2D eigenvalue weighted by Crippen LogP contribution is 2.44. The highest BCUT2D eigenvalue weighted by Gasteiger charge is 2.33. The number of benzene rings is 1. The van der Waals surface area contributed by atoms with Crippen molar-refractivity contribution >= 4 is 0 Å². The topological polar surface area (TPSA) is 9.23 Å². The summed E-state index contributed by atoms with van der Waals surface area (Å²) >= 11 is 0. The Balaban J connectivity index is 0.00000101. The summed E-state index contributed by atoms with van der Waals surface area (Å²) in [6.07, 6.45) is 8.74. The average Bonchev–Trinajstić information content (AvgIpc) is 2.70. The maximum absolute atomic E-state index is 14.0. The van der Waals surface area contributed by atoms with Crippen LogP contribution >= 0.6 is 0 Å². The zero-order chi connectivity index (χ0) is 22.1. The molecule has 0 spiro atoms. The minimum Gasteiger partial charge on any atom is -0.403 e. The average molecular weight is 431 g/mol. The van der Waals surface area contributed by atoms with Gasteiger partial charge >= 0.3 is 6.36 Å². The second-order valence-corrected chi connectivity index (χ2v) is 9.13. The Kier molecular flexibility index (Phi) is 9.96. The summed E-state index contributed by atoms with van der Waals surface area (Å²) in [4.78, 5) is 0. The SMILES string of the molecule is CCC.CCCC1CCC(C2CCC(c3ccc(OC(F)(F)F)c(F)c3)CC2)CC1.